The number of aliphatic imine (C=N–C) groups is 1. The molecule has 0 radical (unpaired) electrons. The lowest BCUT2D eigenvalue weighted by Gasteiger charge is -2.11. The summed E-state index contributed by atoms with van der Waals surface area (Å²) >= 11 is 10.3. The summed E-state index contributed by atoms with van der Waals surface area (Å²) in [5, 5.41) is 0. The summed E-state index contributed by atoms with van der Waals surface area (Å²) in [4.78, 5) is 29.3. The average Bonchev–Trinajstić information content (AvgIpc) is 3.11. The molecule has 5 nitrogen and oxygen atoms in total. The summed E-state index contributed by atoms with van der Waals surface area (Å²) in [6.07, 6.45) is 1.61. The number of carbonyl (C=O) groups is 2. The number of hydrogen-bond acceptors (Lipinski definition) is 5. The molecule has 32 heavy (non-hydrogen) atoms. The van der Waals surface area contributed by atoms with E-state index in [4.69, 9.17) is 9.47 Å². The van der Waals surface area contributed by atoms with E-state index in [0.29, 0.717) is 31.4 Å². The predicted octanol–water partition coefficient (Wildman–Crippen LogP) is 6.85. The SMILES string of the molecule is Cc1ccccc1C(=O)Oc1c(Br)cc(/C=C2\N=C(c3ccccc3Br)OC2=O)cc1Br. The first-order chi connectivity index (χ1) is 15.3. The number of carbonyl (C=O) groups excluding carboxylic acids is 2. The van der Waals surface area contributed by atoms with Crippen molar-refractivity contribution in [2.75, 3.05) is 0 Å². The average molecular weight is 620 g/mol. The second kappa shape index (κ2) is 9.52. The molecular weight excluding hydrogens is 606 g/mol. The molecule has 0 spiro atoms. The van der Waals surface area contributed by atoms with E-state index < -0.39 is 11.9 Å². The van der Waals surface area contributed by atoms with Gasteiger partial charge in [-0.3, -0.25) is 0 Å². The molecule has 8 heteroatoms. The summed E-state index contributed by atoms with van der Waals surface area (Å²) in [6, 6.07) is 18.0. The van der Waals surface area contributed by atoms with Crippen molar-refractivity contribution >= 4 is 71.7 Å². The highest BCUT2D eigenvalue weighted by Gasteiger charge is 2.25. The van der Waals surface area contributed by atoms with Gasteiger partial charge in [0.2, 0.25) is 5.90 Å². The van der Waals surface area contributed by atoms with Gasteiger partial charge in [-0.2, -0.15) is 0 Å². The van der Waals surface area contributed by atoms with Crippen molar-refractivity contribution in [3.05, 3.63) is 102 Å². The Morgan fingerprint density at radius 2 is 1.62 bits per heavy atom. The number of nitrogens with zero attached hydrogens (tertiary/aromatic N) is 1. The number of halogens is 3. The van der Waals surface area contributed by atoms with E-state index in [1.54, 1.807) is 30.3 Å². The van der Waals surface area contributed by atoms with Crippen LogP contribution >= 0.6 is 47.8 Å². The van der Waals surface area contributed by atoms with E-state index in [1.807, 2.05) is 43.3 Å². The maximum Gasteiger partial charge on any atom is 0.363 e. The first-order valence-corrected chi connectivity index (χ1v) is 11.8. The van der Waals surface area contributed by atoms with E-state index in [1.165, 1.54) is 0 Å². The van der Waals surface area contributed by atoms with E-state index in [9.17, 15) is 9.59 Å². The van der Waals surface area contributed by atoms with E-state index in [-0.39, 0.29) is 11.6 Å². The number of ether oxygens (including phenoxy) is 2. The Labute approximate surface area is 209 Å². The van der Waals surface area contributed by atoms with Crippen LogP contribution in [-0.4, -0.2) is 17.8 Å². The molecule has 160 valence electrons. The Morgan fingerprint density at radius 1 is 0.969 bits per heavy atom. The van der Waals surface area contributed by atoms with Crippen molar-refractivity contribution < 1.29 is 19.1 Å². The fraction of sp³-hybridized carbons (Fsp3) is 0.0417. The summed E-state index contributed by atoms with van der Waals surface area (Å²) in [5.74, 6) is -0.432. The van der Waals surface area contributed by atoms with Crippen LogP contribution in [0, 0.1) is 6.92 Å². The molecular formula is C24H14Br3NO4. The van der Waals surface area contributed by atoms with Gasteiger partial charge in [-0.05, 0) is 102 Å². The number of esters is 2. The minimum Gasteiger partial charge on any atom is -0.420 e. The molecule has 3 aromatic rings. The molecule has 3 aromatic carbocycles. The minimum atomic E-state index is -0.543. The Morgan fingerprint density at radius 3 is 2.31 bits per heavy atom. The van der Waals surface area contributed by atoms with Gasteiger partial charge in [0.05, 0.1) is 20.1 Å². The zero-order chi connectivity index (χ0) is 22.8. The highest BCUT2D eigenvalue weighted by molar-refractivity contribution is 9.11. The highest BCUT2D eigenvalue weighted by Crippen LogP contribution is 2.36. The Kier molecular flexibility index (Phi) is 6.74. The molecule has 0 atom stereocenters. The third-order valence-corrected chi connectivity index (χ3v) is 6.48. The van der Waals surface area contributed by atoms with Gasteiger partial charge in [-0.1, -0.05) is 30.3 Å². The first kappa shape index (κ1) is 22.6. The second-order valence-corrected chi connectivity index (χ2v) is 9.40. The standard InChI is InChI=1S/C24H14Br3NO4/c1-13-6-2-3-7-15(13)23(29)31-21-18(26)10-14(11-19(21)27)12-20-24(30)32-22(28-20)16-8-4-5-9-17(16)25/h2-12H,1H3/b20-12-. The summed E-state index contributed by atoms with van der Waals surface area (Å²) in [7, 11) is 0. The number of cyclic esters (lactones) is 1. The van der Waals surface area contributed by atoms with Gasteiger partial charge in [0, 0.05) is 4.47 Å². The second-order valence-electron chi connectivity index (χ2n) is 6.83. The smallest absolute Gasteiger partial charge is 0.363 e. The van der Waals surface area contributed by atoms with Crippen LogP contribution in [0.3, 0.4) is 0 Å². The van der Waals surface area contributed by atoms with Gasteiger partial charge in [-0.25, -0.2) is 14.6 Å². The van der Waals surface area contributed by atoms with Crippen LogP contribution in [0.4, 0.5) is 0 Å². The lowest BCUT2D eigenvalue weighted by molar-refractivity contribution is -0.129. The summed E-state index contributed by atoms with van der Waals surface area (Å²) < 4.78 is 12.8. The number of benzene rings is 3. The molecule has 4 rings (SSSR count). The van der Waals surface area contributed by atoms with Crippen molar-refractivity contribution in [3.8, 4) is 5.75 Å². The van der Waals surface area contributed by atoms with Crippen molar-refractivity contribution in [2.24, 2.45) is 4.99 Å². The van der Waals surface area contributed by atoms with Crippen LogP contribution in [0.5, 0.6) is 5.75 Å². The molecule has 0 unspecified atom stereocenters. The molecule has 1 aliphatic rings. The maximum atomic E-state index is 12.6. The Balaban J connectivity index is 1.61. The summed E-state index contributed by atoms with van der Waals surface area (Å²) in [6.45, 7) is 1.85. The molecule has 0 bridgehead atoms. The first-order valence-electron chi connectivity index (χ1n) is 9.38. The Bertz CT molecular complexity index is 1290. The van der Waals surface area contributed by atoms with Crippen LogP contribution in [0.2, 0.25) is 0 Å². The number of rotatable bonds is 4. The molecule has 0 aromatic heterocycles. The molecule has 0 fully saturated rings. The van der Waals surface area contributed by atoms with Crippen molar-refractivity contribution in [1.82, 2.24) is 0 Å². The van der Waals surface area contributed by atoms with Gasteiger partial charge in [0.15, 0.2) is 11.4 Å². The van der Waals surface area contributed by atoms with Crippen LogP contribution < -0.4 is 4.74 Å². The van der Waals surface area contributed by atoms with Crippen LogP contribution in [0.1, 0.15) is 27.0 Å². The lowest BCUT2D eigenvalue weighted by atomic mass is 10.1. The van der Waals surface area contributed by atoms with E-state index >= 15 is 0 Å². The van der Waals surface area contributed by atoms with Gasteiger partial charge >= 0.3 is 11.9 Å². The maximum absolute atomic E-state index is 12.6. The molecule has 0 saturated carbocycles. The third kappa shape index (κ3) is 4.77. The normalized spacial score (nSPS) is 14.3. The lowest BCUT2D eigenvalue weighted by Crippen LogP contribution is -2.11. The molecule has 1 heterocycles. The molecule has 0 amide bonds. The third-order valence-electron chi connectivity index (χ3n) is 4.61. The fourth-order valence-corrected chi connectivity index (χ4v) is 4.86. The molecule has 0 N–H and O–H groups in total. The van der Waals surface area contributed by atoms with Crippen LogP contribution in [-0.2, 0) is 9.53 Å². The van der Waals surface area contributed by atoms with Crippen molar-refractivity contribution in [1.29, 1.82) is 0 Å². The quantitative estimate of drug-likeness (QED) is 0.182. The van der Waals surface area contributed by atoms with Gasteiger partial charge < -0.3 is 9.47 Å². The zero-order valence-electron chi connectivity index (χ0n) is 16.6. The van der Waals surface area contributed by atoms with Gasteiger partial charge in [0.1, 0.15) is 0 Å². The fourth-order valence-electron chi connectivity index (χ4n) is 3.03. The number of aryl methyl sites for hydroxylation is 1. The molecule has 0 saturated heterocycles. The monoisotopic (exact) mass is 617 g/mol. The van der Waals surface area contributed by atoms with Gasteiger partial charge in [0.25, 0.3) is 0 Å². The minimum absolute atomic E-state index is 0.166. The Hall–Kier alpha value is -2.55. The van der Waals surface area contributed by atoms with Crippen LogP contribution in [0.25, 0.3) is 6.08 Å². The van der Waals surface area contributed by atoms with E-state index in [2.05, 4.69) is 52.8 Å². The van der Waals surface area contributed by atoms with Crippen molar-refractivity contribution in [3.63, 3.8) is 0 Å². The van der Waals surface area contributed by atoms with Gasteiger partial charge in [-0.15, -0.1) is 0 Å². The predicted molar refractivity (Wildman–Crippen MR) is 133 cm³/mol. The highest BCUT2D eigenvalue weighted by atomic mass is 79.9. The zero-order valence-corrected chi connectivity index (χ0v) is 21.3. The van der Waals surface area contributed by atoms with Crippen LogP contribution in [0.15, 0.2) is 84.8 Å². The number of hydrogen-bond donors (Lipinski definition) is 0. The topological polar surface area (TPSA) is 65.0 Å². The largest absolute Gasteiger partial charge is 0.420 e. The molecule has 0 aliphatic carbocycles. The molecule has 1 aliphatic heterocycles. The summed E-state index contributed by atoms with van der Waals surface area (Å²) in [5.41, 5.74) is 2.83. The van der Waals surface area contributed by atoms with Crippen molar-refractivity contribution in [2.45, 2.75) is 6.92 Å². The van der Waals surface area contributed by atoms with E-state index in [0.717, 1.165) is 10.0 Å².